The number of hydrogen-bond acceptors (Lipinski definition) is 5. The fraction of sp³-hybridized carbons (Fsp3) is 0.559. The third-order valence-corrected chi connectivity index (χ3v) is 9.30. The number of quaternary nitrogens is 1. The SMILES string of the molecule is CCOC(=O)CNC(=O)c1ccc2c(c1)C(C(=O)NC1CC[N+](C)(CC3CCCCCCC3)CC1)c1ccccc1O2. The van der Waals surface area contributed by atoms with Gasteiger partial charge < -0.3 is 24.6 Å². The summed E-state index contributed by atoms with van der Waals surface area (Å²) < 4.78 is 12.2. The standard InChI is InChI=1S/C34H45N3O5/c1-3-41-31(38)22-35-33(39)25-15-16-30-28(21-25)32(27-13-9-10-14-29(27)42-30)34(40)36-26-17-19-37(2,20-18-26)23-24-11-7-5-4-6-8-12-24/h9-10,13-16,21,24,26,32H,3-8,11-12,17-20,22-23H2,1-2H3,(H-,35,36,39,40)/p+1. The molecule has 2 aromatic rings. The fourth-order valence-electron chi connectivity index (χ4n) is 7.00. The van der Waals surface area contributed by atoms with Gasteiger partial charge in [-0.3, -0.25) is 14.4 Å². The predicted octanol–water partition coefficient (Wildman–Crippen LogP) is 5.30. The first-order valence-electron chi connectivity index (χ1n) is 15.8. The molecule has 2 fully saturated rings. The zero-order valence-electron chi connectivity index (χ0n) is 25.2. The number of amides is 2. The van der Waals surface area contributed by atoms with E-state index >= 15 is 0 Å². The van der Waals surface area contributed by atoms with Gasteiger partial charge in [-0.1, -0.05) is 50.3 Å². The summed E-state index contributed by atoms with van der Waals surface area (Å²) in [6, 6.07) is 12.8. The molecule has 2 aliphatic heterocycles. The molecule has 1 saturated heterocycles. The second kappa shape index (κ2) is 13.7. The first kappa shape index (κ1) is 30.1. The third kappa shape index (κ3) is 7.33. The minimum atomic E-state index is -0.597. The summed E-state index contributed by atoms with van der Waals surface area (Å²) in [6.45, 7) is 5.16. The maximum absolute atomic E-state index is 14.0. The molecule has 2 heterocycles. The lowest BCUT2D eigenvalue weighted by molar-refractivity contribution is -0.917. The van der Waals surface area contributed by atoms with Gasteiger partial charge >= 0.3 is 5.97 Å². The van der Waals surface area contributed by atoms with Crippen LogP contribution in [0.15, 0.2) is 42.5 Å². The lowest BCUT2D eigenvalue weighted by atomic mass is 9.85. The van der Waals surface area contributed by atoms with Crippen LogP contribution >= 0.6 is 0 Å². The molecule has 1 atom stereocenters. The Kier molecular flexibility index (Phi) is 9.83. The van der Waals surface area contributed by atoms with E-state index in [-0.39, 0.29) is 25.1 Å². The van der Waals surface area contributed by atoms with Crippen molar-refractivity contribution < 1.29 is 28.3 Å². The maximum Gasteiger partial charge on any atom is 0.325 e. The van der Waals surface area contributed by atoms with Gasteiger partial charge in [0.05, 0.1) is 39.2 Å². The van der Waals surface area contributed by atoms with E-state index in [0.717, 1.165) is 41.9 Å². The Morgan fingerprint density at radius 1 is 0.905 bits per heavy atom. The van der Waals surface area contributed by atoms with E-state index in [1.165, 1.54) is 51.5 Å². The quantitative estimate of drug-likeness (QED) is 0.329. The third-order valence-electron chi connectivity index (χ3n) is 9.30. The number of carbonyl (C=O) groups is 3. The van der Waals surface area contributed by atoms with E-state index < -0.39 is 17.8 Å². The predicted molar refractivity (Wildman–Crippen MR) is 162 cm³/mol. The topological polar surface area (TPSA) is 93.7 Å². The van der Waals surface area contributed by atoms with Crippen LogP contribution in [0.4, 0.5) is 0 Å². The first-order chi connectivity index (χ1) is 20.3. The van der Waals surface area contributed by atoms with Crippen LogP contribution in [-0.4, -0.2) is 68.1 Å². The molecular weight excluding hydrogens is 530 g/mol. The number of para-hydroxylation sites is 1. The molecule has 0 bridgehead atoms. The molecule has 1 saturated carbocycles. The molecule has 42 heavy (non-hydrogen) atoms. The van der Waals surface area contributed by atoms with Gasteiger partial charge in [0.1, 0.15) is 18.0 Å². The van der Waals surface area contributed by atoms with E-state index in [4.69, 9.17) is 9.47 Å². The number of ether oxygens (including phenoxy) is 2. The molecule has 5 rings (SSSR count). The summed E-state index contributed by atoms with van der Waals surface area (Å²) in [5.74, 6) is 0.459. The number of esters is 1. The number of carbonyl (C=O) groups excluding carboxylic acids is 3. The molecule has 0 aromatic heterocycles. The number of likely N-dealkylation sites (tertiary alicyclic amines) is 1. The highest BCUT2D eigenvalue weighted by molar-refractivity contribution is 5.97. The molecular formula is C34H46N3O5+. The van der Waals surface area contributed by atoms with Crippen molar-refractivity contribution >= 4 is 17.8 Å². The van der Waals surface area contributed by atoms with Crippen LogP contribution in [0.25, 0.3) is 0 Å². The highest BCUT2D eigenvalue weighted by atomic mass is 16.5. The molecule has 0 radical (unpaired) electrons. The lowest BCUT2D eigenvalue weighted by Gasteiger charge is -2.43. The molecule has 0 spiro atoms. The van der Waals surface area contributed by atoms with Gasteiger partial charge in [0.2, 0.25) is 5.91 Å². The van der Waals surface area contributed by atoms with E-state index in [9.17, 15) is 14.4 Å². The van der Waals surface area contributed by atoms with E-state index in [1.54, 1.807) is 25.1 Å². The molecule has 8 nitrogen and oxygen atoms in total. The summed E-state index contributed by atoms with van der Waals surface area (Å²) in [5.41, 5.74) is 1.79. The summed E-state index contributed by atoms with van der Waals surface area (Å²) in [5, 5.41) is 5.97. The van der Waals surface area contributed by atoms with Crippen molar-refractivity contribution in [3.8, 4) is 11.5 Å². The summed E-state index contributed by atoms with van der Waals surface area (Å²) in [6.07, 6.45) is 11.5. The van der Waals surface area contributed by atoms with Crippen molar-refractivity contribution in [3.63, 3.8) is 0 Å². The van der Waals surface area contributed by atoms with Gasteiger partial charge in [-0.05, 0) is 44.0 Å². The Morgan fingerprint density at radius 2 is 1.60 bits per heavy atom. The van der Waals surface area contributed by atoms with Gasteiger partial charge in [-0.15, -0.1) is 0 Å². The second-order valence-corrected chi connectivity index (χ2v) is 12.6. The monoisotopic (exact) mass is 576 g/mol. The molecule has 1 aliphatic carbocycles. The minimum absolute atomic E-state index is 0.0720. The molecule has 2 aromatic carbocycles. The number of nitrogens with zero attached hydrogens (tertiary/aromatic N) is 1. The highest BCUT2D eigenvalue weighted by Gasteiger charge is 2.37. The molecule has 226 valence electrons. The largest absolute Gasteiger partial charge is 0.465 e. The average Bonchev–Trinajstić information content (AvgIpc) is 2.97. The number of nitrogens with one attached hydrogen (secondary N) is 2. The van der Waals surface area contributed by atoms with Crippen LogP contribution in [0.5, 0.6) is 11.5 Å². The summed E-state index contributed by atoms with van der Waals surface area (Å²) >= 11 is 0. The normalized spacial score (nSPS) is 24.1. The maximum atomic E-state index is 14.0. The Labute approximate surface area is 249 Å². The lowest BCUT2D eigenvalue weighted by Crippen LogP contribution is -2.56. The zero-order chi connectivity index (χ0) is 29.5. The number of benzene rings is 2. The van der Waals surface area contributed by atoms with Crippen molar-refractivity contribution in [1.29, 1.82) is 0 Å². The van der Waals surface area contributed by atoms with Crippen molar-refractivity contribution in [1.82, 2.24) is 10.6 Å². The van der Waals surface area contributed by atoms with Gasteiger partial charge in [0.15, 0.2) is 0 Å². The molecule has 3 aliphatic rings. The zero-order valence-corrected chi connectivity index (χ0v) is 25.2. The Balaban J connectivity index is 1.26. The number of piperidine rings is 1. The van der Waals surface area contributed by atoms with Gasteiger partial charge in [-0.25, -0.2) is 0 Å². The molecule has 1 unspecified atom stereocenters. The summed E-state index contributed by atoms with van der Waals surface area (Å²) in [7, 11) is 2.40. The van der Waals surface area contributed by atoms with E-state index in [0.29, 0.717) is 22.6 Å². The number of hydrogen-bond donors (Lipinski definition) is 2. The van der Waals surface area contributed by atoms with E-state index in [1.807, 2.05) is 24.3 Å². The van der Waals surface area contributed by atoms with Crippen LogP contribution in [0.3, 0.4) is 0 Å². The first-order valence-corrected chi connectivity index (χ1v) is 15.8. The minimum Gasteiger partial charge on any atom is -0.465 e. The van der Waals surface area contributed by atoms with Crippen LogP contribution in [0.1, 0.15) is 92.1 Å². The Hall–Kier alpha value is -3.39. The molecule has 8 heteroatoms. The van der Waals surface area contributed by atoms with Gasteiger partial charge in [0, 0.05) is 41.5 Å². The molecule has 2 N–H and O–H groups in total. The second-order valence-electron chi connectivity index (χ2n) is 12.6. The molecule has 2 amide bonds. The number of fused-ring (bicyclic) bond motifs is 2. The smallest absolute Gasteiger partial charge is 0.325 e. The van der Waals surface area contributed by atoms with Crippen LogP contribution in [-0.2, 0) is 14.3 Å². The van der Waals surface area contributed by atoms with Gasteiger partial charge in [0.25, 0.3) is 5.91 Å². The fourth-order valence-corrected chi connectivity index (χ4v) is 7.00. The van der Waals surface area contributed by atoms with Crippen LogP contribution in [0.2, 0.25) is 0 Å². The highest BCUT2D eigenvalue weighted by Crippen LogP contribution is 2.44. The van der Waals surface area contributed by atoms with E-state index in [2.05, 4.69) is 17.7 Å². The Morgan fingerprint density at radius 3 is 2.33 bits per heavy atom. The van der Waals surface area contributed by atoms with Crippen LogP contribution in [0, 0.1) is 5.92 Å². The Bertz CT molecular complexity index is 1260. The van der Waals surface area contributed by atoms with Gasteiger partial charge in [-0.2, -0.15) is 0 Å². The number of rotatable bonds is 8. The van der Waals surface area contributed by atoms with Crippen LogP contribution < -0.4 is 15.4 Å². The average molecular weight is 577 g/mol. The van der Waals surface area contributed by atoms with Crippen molar-refractivity contribution in [3.05, 3.63) is 59.2 Å². The van der Waals surface area contributed by atoms with Crippen molar-refractivity contribution in [2.45, 2.75) is 76.7 Å². The van der Waals surface area contributed by atoms with Crippen molar-refractivity contribution in [2.24, 2.45) is 5.92 Å². The summed E-state index contributed by atoms with van der Waals surface area (Å²) in [4.78, 5) is 38.6. The van der Waals surface area contributed by atoms with Crippen molar-refractivity contribution in [2.75, 3.05) is 39.8 Å².